The Morgan fingerprint density at radius 3 is 2.66 bits per heavy atom. The molecule has 0 saturated carbocycles. The number of fused-ring (bicyclic) bond motifs is 1. The van der Waals surface area contributed by atoms with Gasteiger partial charge in [0, 0.05) is 24.2 Å². The number of thioether (sulfide) groups is 1. The van der Waals surface area contributed by atoms with Gasteiger partial charge in [-0.3, -0.25) is 0 Å². The van der Waals surface area contributed by atoms with Crippen LogP contribution in [0, 0.1) is 5.92 Å². The van der Waals surface area contributed by atoms with Crippen LogP contribution < -0.4 is 9.64 Å². The summed E-state index contributed by atoms with van der Waals surface area (Å²) in [5.74, 6) is -1.73. The molecule has 2 aromatic carbocycles. The zero-order chi connectivity index (χ0) is 23.3. The number of hydrogen-bond acceptors (Lipinski definition) is 6. The molecule has 0 unspecified atom stereocenters. The van der Waals surface area contributed by atoms with Gasteiger partial charge in [0.1, 0.15) is 5.75 Å². The maximum Gasteiger partial charge on any atom is 0.331 e. The number of hydrogen-bond donors (Lipinski definition) is 1. The molecule has 0 aliphatic carbocycles. The van der Waals surface area contributed by atoms with Gasteiger partial charge in [-0.1, -0.05) is 38.0 Å². The fourth-order valence-electron chi connectivity index (χ4n) is 3.72. The van der Waals surface area contributed by atoms with Gasteiger partial charge in [-0.2, -0.15) is 0 Å². The van der Waals surface area contributed by atoms with Crippen molar-refractivity contribution < 1.29 is 27.4 Å². The molecule has 0 radical (unpaired) electrons. The molecule has 0 saturated heterocycles. The number of unbranched alkanes of at least 4 members (excludes halogenated alkanes) is 1. The fourth-order valence-corrected chi connectivity index (χ4v) is 5.96. The number of sulfone groups is 1. The average molecular weight is 480 g/mol. The molecule has 6 nitrogen and oxygen atoms in total. The number of benzene rings is 2. The first-order chi connectivity index (χ1) is 15.3. The molecule has 1 heterocycles. The summed E-state index contributed by atoms with van der Waals surface area (Å²) in [6, 6.07) is 12.3. The van der Waals surface area contributed by atoms with Gasteiger partial charge >= 0.3 is 5.97 Å². The Morgan fingerprint density at radius 2 is 2.03 bits per heavy atom. The number of alkyl halides is 1. The molecule has 0 fully saturated rings. The second-order valence-corrected chi connectivity index (χ2v) is 10.3. The van der Waals surface area contributed by atoms with Gasteiger partial charge in [-0.15, -0.1) is 11.8 Å². The quantitative estimate of drug-likeness (QED) is 0.308. The Bertz CT molecular complexity index is 1090. The molecule has 0 amide bonds. The molecule has 172 valence electrons. The highest BCUT2D eigenvalue weighted by Gasteiger charge is 2.42. The normalized spacial score (nSPS) is 20.0. The predicted molar refractivity (Wildman–Crippen MR) is 124 cm³/mol. The third-order valence-corrected chi connectivity index (χ3v) is 8.01. The van der Waals surface area contributed by atoms with E-state index in [0.29, 0.717) is 17.0 Å². The van der Waals surface area contributed by atoms with E-state index in [2.05, 4.69) is 0 Å². The lowest BCUT2D eigenvalue weighted by molar-refractivity contribution is -0.131. The lowest BCUT2D eigenvalue weighted by Gasteiger charge is -2.28. The van der Waals surface area contributed by atoms with Crippen LogP contribution in [0.5, 0.6) is 5.75 Å². The fraction of sp³-hybridized carbons (Fsp3) is 0.348. The minimum absolute atomic E-state index is 0.157. The molecule has 9 heteroatoms. The van der Waals surface area contributed by atoms with Crippen molar-refractivity contribution in [3.63, 3.8) is 0 Å². The maximum atomic E-state index is 15.5. The number of para-hydroxylation sites is 1. The summed E-state index contributed by atoms with van der Waals surface area (Å²) >= 11 is 1.33. The molecule has 2 aromatic rings. The van der Waals surface area contributed by atoms with Crippen LogP contribution >= 0.6 is 11.8 Å². The minimum Gasteiger partial charge on any atom is -0.478 e. The van der Waals surface area contributed by atoms with Crippen molar-refractivity contribution in [2.45, 2.75) is 41.5 Å². The van der Waals surface area contributed by atoms with Crippen LogP contribution in [-0.4, -0.2) is 37.8 Å². The van der Waals surface area contributed by atoms with Crippen molar-refractivity contribution in [2.75, 3.05) is 17.7 Å². The monoisotopic (exact) mass is 479 g/mol. The zero-order valence-electron chi connectivity index (χ0n) is 17.9. The summed E-state index contributed by atoms with van der Waals surface area (Å²) in [7, 11) is -4.30. The Balaban J connectivity index is 2.20. The van der Waals surface area contributed by atoms with E-state index in [1.807, 2.05) is 42.2 Å². The first-order valence-corrected chi connectivity index (χ1v) is 13.1. The molecule has 32 heavy (non-hydrogen) atoms. The lowest BCUT2D eigenvalue weighted by atomic mass is 10.0. The number of nitrogens with zero attached hydrogens (tertiary/aromatic N) is 1. The largest absolute Gasteiger partial charge is 0.478 e. The van der Waals surface area contributed by atoms with E-state index < -0.39 is 27.2 Å². The summed E-state index contributed by atoms with van der Waals surface area (Å²) in [5, 5.41) is 8.80. The summed E-state index contributed by atoms with van der Waals surface area (Å²) in [6.07, 6.45) is 5.60. The third-order valence-electron chi connectivity index (χ3n) is 5.33. The summed E-state index contributed by atoms with van der Waals surface area (Å²) < 4.78 is 47.6. The molecule has 1 aliphatic heterocycles. The molecule has 1 N–H and O–H groups in total. The van der Waals surface area contributed by atoms with E-state index in [1.165, 1.54) is 17.8 Å². The zero-order valence-corrected chi connectivity index (χ0v) is 19.5. The van der Waals surface area contributed by atoms with Crippen molar-refractivity contribution in [2.24, 2.45) is 5.92 Å². The van der Waals surface area contributed by atoms with Gasteiger partial charge in [-0.25, -0.2) is 17.6 Å². The molecular formula is C23H26FNO5S2. The number of carboxylic acid groups (broad SMARTS) is 1. The van der Waals surface area contributed by atoms with E-state index >= 15 is 4.39 Å². The van der Waals surface area contributed by atoms with Gasteiger partial charge in [0.25, 0.3) is 0 Å². The lowest BCUT2D eigenvalue weighted by Crippen LogP contribution is -2.31. The highest BCUT2D eigenvalue weighted by molar-refractivity contribution is 7.98. The van der Waals surface area contributed by atoms with Crippen LogP contribution in [-0.2, 0) is 14.6 Å². The highest BCUT2D eigenvalue weighted by Crippen LogP contribution is 2.45. The highest BCUT2D eigenvalue weighted by atomic mass is 32.2. The number of rotatable bonds is 8. The first-order valence-electron chi connectivity index (χ1n) is 10.3. The number of carboxylic acids is 1. The molecule has 0 spiro atoms. The van der Waals surface area contributed by atoms with Crippen LogP contribution in [0.1, 0.15) is 26.2 Å². The van der Waals surface area contributed by atoms with Crippen molar-refractivity contribution in [3.8, 4) is 5.75 Å². The minimum atomic E-state index is -4.30. The van der Waals surface area contributed by atoms with E-state index in [-0.39, 0.29) is 17.2 Å². The smallest absolute Gasteiger partial charge is 0.331 e. The number of aliphatic carboxylic acids is 1. The van der Waals surface area contributed by atoms with Crippen LogP contribution in [0.3, 0.4) is 0 Å². The average Bonchev–Trinajstić information content (AvgIpc) is 2.86. The van der Waals surface area contributed by atoms with Gasteiger partial charge in [0.15, 0.2) is 0 Å². The van der Waals surface area contributed by atoms with Gasteiger partial charge in [-0.05, 0) is 30.9 Å². The Kier molecular flexibility index (Phi) is 7.84. The van der Waals surface area contributed by atoms with Crippen LogP contribution in [0.15, 0.2) is 64.6 Å². The van der Waals surface area contributed by atoms with Crippen LogP contribution in [0.25, 0.3) is 0 Å². The molecular weight excluding hydrogens is 453 g/mol. The number of ether oxygens (including phenoxy) is 1. The Labute approximate surface area is 192 Å². The van der Waals surface area contributed by atoms with E-state index in [9.17, 15) is 13.2 Å². The molecule has 1 aliphatic rings. The standard InChI is InChI=1S/C23H26FNO5S2/c1-3-4-8-16-15-25(17-9-6-5-7-10-17)18-13-20(31-2)19(30-12-11-22(26)27)14-21(18)32(28,29)23(16)24/h5-7,9-14,16,23H,3-4,8,15H2,1-2H3,(H,26,27)/b12-11+/t16-,23+/m0/s1. The van der Waals surface area contributed by atoms with E-state index in [4.69, 9.17) is 9.84 Å². The van der Waals surface area contributed by atoms with E-state index in [0.717, 1.165) is 30.9 Å². The van der Waals surface area contributed by atoms with Crippen molar-refractivity contribution in [1.82, 2.24) is 0 Å². The van der Waals surface area contributed by atoms with Gasteiger partial charge < -0.3 is 14.7 Å². The SMILES string of the molecule is CCCC[C@H]1CN(c2ccccc2)c2cc(SC)c(O/C=C/C(=O)O)cc2S(=O)(=O)[C@H]1F. The van der Waals surface area contributed by atoms with Crippen molar-refractivity contribution in [1.29, 1.82) is 0 Å². The number of anilines is 2. The predicted octanol–water partition coefficient (Wildman–Crippen LogP) is 5.41. The molecule has 3 rings (SSSR count). The summed E-state index contributed by atoms with van der Waals surface area (Å²) in [5.41, 5.74) is -0.896. The van der Waals surface area contributed by atoms with Gasteiger partial charge in [0.2, 0.25) is 15.3 Å². The number of halogens is 1. The Morgan fingerprint density at radius 1 is 1.31 bits per heavy atom. The second kappa shape index (κ2) is 10.4. The maximum absolute atomic E-state index is 15.5. The second-order valence-electron chi connectivity index (χ2n) is 7.47. The molecule has 0 aromatic heterocycles. The Hall–Kier alpha value is -2.52. The van der Waals surface area contributed by atoms with Crippen molar-refractivity contribution in [3.05, 3.63) is 54.8 Å². The van der Waals surface area contributed by atoms with E-state index in [1.54, 1.807) is 12.3 Å². The van der Waals surface area contributed by atoms with Gasteiger partial charge in [0.05, 0.1) is 27.8 Å². The summed E-state index contributed by atoms with van der Waals surface area (Å²) in [4.78, 5) is 13.1. The van der Waals surface area contributed by atoms with Crippen LogP contribution in [0.2, 0.25) is 0 Å². The van der Waals surface area contributed by atoms with Crippen molar-refractivity contribution >= 4 is 38.9 Å². The van der Waals surface area contributed by atoms with Crippen LogP contribution in [0.4, 0.5) is 15.8 Å². The number of carbonyl (C=O) groups is 1. The summed E-state index contributed by atoms with van der Waals surface area (Å²) in [6.45, 7) is 2.21. The molecule has 2 atom stereocenters. The third kappa shape index (κ3) is 5.10. The topological polar surface area (TPSA) is 83.9 Å². The first kappa shape index (κ1) is 24.1. The molecule has 0 bridgehead atoms.